The average Bonchev–Trinajstić information content (AvgIpc) is 1.64. The minimum atomic E-state index is -3.93. The van der Waals surface area contributed by atoms with Gasteiger partial charge in [0.15, 0.2) is 0 Å². The van der Waals surface area contributed by atoms with E-state index in [1.807, 2.05) is 177 Å². The third-order valence-electron chi connectivity index (χ3n) is 21.9. The van der Waals surface area contributed by atoms with Gasteiger partial charge in [0.05, 0.1) is 101 Å². The lowest BCUT2D eigenvalue weighted by Gasteiger charge is -2.15. The van der Waals surface area contributed by atoms with E-state index in [1.165, 1.54) is 107 Å². The van der Waals surface area contributed by atoms with E-state index in [9.17, 15) is 71.8 Å². The number of hydrogen-bond donors (Lipinski definition) is 4. The molecule has 0 fully saturated rings. The number of aromatic nitrogens is 7. The standard InChI is InChI=1S/C19H19N3O2S.C17H13FN2O2S.C16H10FIN2O2S.C16H11FN2O2S.C12H15N3O.C12H13N3.C9H5FN2/c1-13-5-8-16(9-6-13)25(23,24)22-14(2)11-17-18(21(3)4)10-7-15(12-20)19(17)22;1-11-3-6-14(7-4-11)23(21,22)20-12(2)9-15-16(18)8-5-13(10-19)17(15)20;1-10-2-5-12(6-3-10)23(21,22)20-15(18)8-13-14(17)7-4-11(9-19)16(13)20;1-11-2-5-13(6-3-11)22(20,21)19-9-8-14-15(17)7-4-12(10-18)16(14)19;1-7-6-9-10(15(2)3)5-4-8(12(13)16)11(9)14-7;1-8-6-10-11(15(2)3)5-4-9(7-13)12(10)14-8;10-8-2-1-6(5-11)9-7(8)3-4-12-9/h5-11H,1-4H3;3-9H,1-2H3;2-8H,1H3;2-9H,1H3;4-6,14H,1-3H3,(H2,13,16);4-6,14H,1-3H3;1-4,12H. The molecule has 0 bridgehead atoms. The van der Waals surface area contributed by atoms with Crippen LogP contribution in [0.3, 0.4) is 0 Å². The van der Waals surface area contributed by atoms with Crippen molar-refractivity contribution in [2.24, 2.45) is 5.73 Å². The normalized spacial score (nSPS) is 11.2. The fourth-order valence-electron chi connectivity index (χ4n) is 15.3. The molecule has 7 heterocycles. The van der Waals surface area contributed by atoms with Gasteiger partial charge in [0.2, 0.25) is 0 Å². The quantitative estimate of drug-likeness (QED) is 0.0652. The number of rotatable bonds is 12. The second kappa shape index (κ2) is 40.4. The van der Waals surface area contributed by atoms with Crippen LogP contribution in [-0.2, 0) is 40.1 Å². The Bertz CT molecular complexity index is 8380. The summed E-state index contributed by atoms with van der Waals surface area (Å²) >= 11 is 1.83. The molecule has 0 aliphatic carbocycles. The molecule has 1 amide bonds. The number of nitriles is 6. The van der Waals surface area contributed by atoms with Crippen LogP contribution in [0.4, 0.5) is 34.6 Å². The van der Waals surface area contributed by atoms with E-state index in [2.05, 4.69) is 38.1 Å². The molecule has 5 N–H and O–H groups in total. The smallest absolute Gasteiger partial charge is 0.269 e. The third-order valence-corrected chi connectivity index (χ3v) is 30.0. The predicted octanol–water partition coefficient (Wildman–Crippen LogP) is 20.2. The highest BCUT2D eigenvalue weighted by molar-refractivity contribution is 14.1. The number of carbonyl (C=O) groups excluding carboxylic acids is 1. The van der Waals surface area contributed by atoms with Gasteiger partial charge in [-0.2, -0.15) is 31.6 Å². The Morgan fingerprint density at radius 2 is 0.654 bits per heavy atom. The van der Waals surface area contributed by atoms with Gasteiger partial charge < -0.3 is 35.4 Å². The number of aryl methyl sites for hydroxylation is 8. The number of fused-ring (bicyclic) bond motifs is 7. The molecule has 688 valence electrons. The molecule has 11 aromatic carbocycles. The predicted molar refractivity (Wildman–Crippen MR) is 529 cm³/mol. The molecule has 0 saturated carbocycles. The largest absolute Gasteiger partial charge is 0.377 e. The van der Waals surface area contributed by atoms with Crippen molar-refractivity contribution in [2.75, 3.05) is 57.0 Å². The van der Waals surface area contributed by atoms with E-state index < -0.39 is 63.5 Å². The van der Waals surface area contributed by atoms with Gasteiger partial charge in [-0.1, -0.05) is 70.8 Å². The molecule has 26 nitrogen and oxygen atoms in total. The number of H-pyrrole nitrogens is 3. The van der Waals surface area contributed by atoms with Crippen LogP contribution >= 0.6 is 22.6 Å². The summed E-state index contributed by atoms with van der Waals surface area (Å²) in [6.45, 7) is 14.8. The van der Waals surface area contributed by atoms with E-state index in [4.69, 9.17) is 21.5 Å². The van der Waals surface area contributed by atoms with Crippen LogP contribution in [0, 0.1) is 150 Å². The van der Waals surface area contributed by atoms with Crippen LogP contribution in [0.25, 0.3) is 76.3 Å². The van der Waals surface area contributed by atoms with E-state index in [0.29, 0.717) is 53.8 Å². The van der Waals surface area contributed by atoms with Gasteiger partial charge in [0.1, 0.15) is 59.7 Å². The van der Waals surface area contributed by atoms with Gasteiger partial charge in [-0.3, -0.25) is 4.79 Å². The van der Waals surface area contributed by atoms with E-state index in [-0.39, 0.29) is 74.8 Å². The third kappa shape index (κ3) is 19.8. The number of carbonyl (C=O) groups is 1. The Labute approximate surface area is 796 Å². The van der Waals surface area contributed by atoms with Crippen molar-refractivity contribution in [1.29, 1.82) is 31.6 Å². The molecule has 18 rings (SSSR count). The zero-order valence-corrected chi connectivity index (χ0v) is 81.0. The van der Waals surface area contributed by atoms with Crippen molar-refractivity contribution in [3.05, 3.63) is 348 Å². The van der Waals surface area contributed by atoms with E-state index >= 15 is 0 Å². The van der Waals surface area contributed by atoms with Gasteiger partial charge in [0.25, 0.3) is 46.0 Å². The molecule has 136 heavy (non-hydrogen) atoms. The Hall–Kier alpha value is -15.7. The number of nitrogens with two attached hydrogens (primary N) is 1. The van der Waals surface area contributed by atoms with Crippen LogP contribution in [0.2, 0.25) is 0 Å². The minimum Gasteiger partial charge on any atom is -0.377 e. The van der Waals surface area contributed by atoms with Crippen molar-refractivity contribution in [1.82, 2.24) is 30.8 Å². The van der Waals surface area contributed by atoms with Gasteiger partial charge in [-0.25, -0.2) is 67.1 Å². The number of halogens is 5. The van der Waals surface area contributed by atoms with Gasteiger partial charge in [-0.05, 0) is 254 Å². The Morgan fingerprint density at radius 3 is 1.07 bits per heavy atom. The van der Waals surface area contributed by atoms with Gasteiger partial charge in [0, 0.05) is 132 Å². The monoisotopic (exact) mass is 2010 g/mol. The number of nitrogens with zero attached hydrogens (tertiary/aromatic N) is 13. The summed E-state index contributed by atoms with van der Waals surface area (Å²) in [6.07, 6.45) is 2.89. The summed E-state index contributed by atoms with van der Waals surface area (Å²) in [4.78, 5) is 27.0. The molecule has 0 aliphatic rings. The molecule has 0 unspecified atom stereocenters. The van der Waals surface area contributed by atoms with Gasteiger partial charge >= 0.3 is 0 Å². The molecule has 0 saturated heterocycles. The maximum absolute atomic E-state index is 14.0. The Kier molecular flexibility index (Phi) is 29.5. The molecular formula is C101H86F4IN17O9S4. The number of benzene rings is 11. The fraction of sp³-hybridized carbons (Fsp3) is 0.139. The Balaban J connectivity index is 0.000000144. The number of nitrogens with one attached hydrogen (secondary N) is 3. The summed E-state index contributed by atoms with van der Waals surface area (Å²) in [5, 5.41) is 58.5. The molecular weight excluding hydrogens is 1930 g/mol. The number of primary amides is 1. The number of anilines is 3. The van der Waals surface area contributed by atoms with Crippen molar-refractivity contribution in [2.45, 2.75) is 75.0 Å². The van der Waals surface area contributed by atoms with Crippen molar-refractivity contribution >= 4 is 162 Å². The molecule has 35 heteroatoms. The molecule has 0 radical (unpaired) electrons. The first-order valence-corrected chi connectivity index (χ1v) is 48.0. The average molecular weight is 2010 g/mol. The van der Waals surface area contributed by atoms with Crippen molar-refractivity contribution in [3.63, 3.8) is 0 Å². The van der Waals surface area contributed by atoms with Crippen LogP contribution in [0.5, 0.6) is 0 Å². The summed E-state index contributed by atoms with van der Waals surface area (Å²) in [7, 11) is -3.80. The van der Waals surface area contributed by atoms with Crippen LogP contribution in [0.1, 0.15) is 88.8 Å². The SMILES string of the molecule is Cc1cc2c(N(C)C)ccc(C#N)c2[nH]1.Cc1cc2c(N(C)C)ccc(C(N)=O)c2[nH]1.Cc1ccc(S(=O)(=O)n2c(C)cc3c(F)ccc(C#N)c32)cc1.Cc1ccc(S(=O)(=O)n2c(C)cc3c(N(C)C)ccc(C#N)c32)cc1.Cc1ccc(S(=O)(=O)n2c(I)cc3c(F)ccc(C#N)c32)cc1.Cc1ccc(S(=O)(=O)n2ccc3c(F)ccc(C#N)c32)cc1.N#Cc1ccc(F)c2cc[nH]c12. The maximum atomic E-state index is 14.0. The summed E-state index contributed by atoms with van der Waals surface area (Å²) in [5.74, 6) is -2.39. The van der Waals surface area contributed by atoms with Crippen molar-refractivity contribution < 1.29 is 56.0 Å². The van der Waals surface area contributed by atoms with Gasteiger partial charge in [-0.15, -0.1) is 0 Å². The second-order valence-electron chi connectivity index (χ2n) is 32.0. The first kappa shape index (κ1) is 99.3. The van der Waals surface area contributed by atoms with Crippen LogP contribution in [0.15, 0.2) is 256 Å². The number of hydrogen-bond acceptors (Lipinski definition) is 18. The summed E-state index contributed by atoms with van der Waals surface area (Å²) < 4.78 is 163. The lowest BCUT2D eigenvalue weighted by molar-refractivity contribution is 0.100. The zero-order chi connectivity index (χ0) is 99.2. The molecule has 0 spiro atoms. The summed E-state index contributed by atoms with van der Waals surface area (Å²) in [5.41, 5.74) is 20.5. The maximum Gasteiger partial charge on any atom is 0.269 e. The molecule has 7 aromatic heterocycles. The Morgan fingerprint density at radius 1 is 0.338 bits per heavy atom. The lowest BCUT2D eigenvalue weighted by Crippen LogP contribution is -2.15. The lowest BCUT2D eigenvalue weighted by atomic mass is 10.1. The van der Waals surface area contributed by atoms with E-state index in [0.717, 1.165) is 95.9 Å². The van der Waals surface area contributed by atoms with Crippen molar-refractivity contribution in [3.8, 4) is 36.4 Å². The molecule has 0 atom stereocenters. The zero-order valence-electron chi connectivity index (χ0n) is 75.6. The first-order valence-electron chi connectivity index (χ1n) is 41.2. The van der Waals surface area contributed by atoms with Crippen LogP contribution < -0.4 is 20.4 Å². The minimum absolute atomic E-state index is 0.0584. The highest BCUT2D eigenvalue weighted by atomic mass is 127. The number of aromatic amines is 3. The first-order chi connectivity index (χ1) is 64.4. The van der Waals surface area contributed by atoms with E-state index in [1.54, 1.807) is 98.9 Å². The highest BCUT2D eigenvalue weighted by Gasteiger charge is 2.30. The topological polar surface area (TPSA) is 399 Å². The fourth-order valence-corrected chi connectivity index (χ4v) is 22.5. The number of amides is 1. The second-order valence-corrected chi connectivity index (χ2v) is 40.3. The molecule has 0 aliphatic heterocycles. The van der Waals surface area contributed by atoms with Crippen LogP contribution in [-0.4, -0.2) is 113 Å². The highest BCUT2D eigenvalue weighted by Crippen LogP contribution is 2.38. The summed E-state index contributed by atoms with van der Waals surface area (Å²) in [6, 6.07) is 70.8. The molecule has 18 aromatic rings.